The number of benzene rings is 1. The van der Waals surface area contributed by atoms with Crippen molar-refractivity contribution < 1.29 is 14.3 Å². The fourth-order valence-corrected chi connectivity index (χ4v) is 3.63. The van der Waals surface area contributed by atoms with Gasteiger partial charge in [0.2, 0.25) is 0 Å². The van der Waals surface area contributed by atoms with Crippen molar-refractivity contribution in [2.45, 2.75) is 30.8 Å². The molecule has 18 heavy (non-hydrogen) atoms. The Kier molecular flexibility index (Phi) is 4.39. The molecule has 1 amide bonds. The van der Waals surface area contributed by atoms with Crippen molar-refractivity contribution in [1.82, 2.24) is 5.32 Å². The van der Waals surface area contributed by atoms with Crippen LogP contribution >= 0.6 is 0 Å². The van der Waals surface area contributed by atoms with Crippen LogP contribution in [0.25, 0.3) is 0 Å². The predicted molar refractivity (Wildman–Crippen MR) is 68.7 cm³/mol. The summed E-state index contributed by atoms with van der Waals surface area (Å²) in [5.74, 6) is -0.516. The molecule has 1 aromatic carbocycles. The summed E-state index contributed by atoms with van der Waals surface area (Å²) in [5.41, 5.74) is 0. The van der Waals surface area contributed by atoms with E-state index in [4.69, 9.17) is 4.74 Å². The zero-order chi connectivity index (χ0) is 13.0. The van der Waals surface area contributed by atoms with E-state index in [1.807, 2.05) is 18.2 Å². The van der Waals surface area contributed by atoms with E-state index in [0.717, 1.165) is 5.32 Å². The zero-order valence-corrected chi connectivity index (χ0v) is 11.8. The van der Waals surface area contributed by atoms with E-state index < -0.39 is 12.1 Å². The number of amides is 1. The van der Waals surface area contributed by atoms with Crippen LogP contribution in [0.15, 0.2) is 30.3 Å². The van der Waals surface area contributed by atoms with Crippen LogP contribution in [0, 0.1) is 0 Å². The molecule has 0 spiro atoms. The second-order valence-corrected chi connectivity index (χ2v) is 6.54. The molecule has 1 saturated heterocycles. The van der Waals surface area contributed by atoms with E-state index in [2.05, 4.69) is 17.4 Å². The first kappa shape index (κ1) is 13.1. The Hall–Kier alpha value is -1.32. The summed E-state index contributed by atoms with van der Waals surface area (Å²) in [4.78, 5) is 23.0. The molecule has 4 nitrogen and oxygen atoms in total. The number of hydrogen-bond donors (Lipinski definition) is 1. The molecule has 5 heteroatoms. The van der Waals surface area contributed by atoms with E-state index >= 15 is 0 Å². The second-order valence-electron chi connectivity index (χ2n) is 4.09. The zero-order valence-electron chi connectivity index (χ0n) is 10.1. The first-order valence-electron chi connectivity index (χ1n) is 5.85. The van der Waals surface area contributed by atoms with Gasteiger partial charge in [0.25, 0.3) is 0 Å². The van der Waals surface area contributed by atoms with Gasteiger partial charge in [-0.3, -0.25) is 0 Å². The molecular weight excluding hydrogens is 297 g/mol. The fourth-order valence-electron chi connectivity index (χ4n) is 1.66. The monoisotopic (exact) mass is 313 g/mol. The Morgan fingerprint density at radius 2 is 2.00 bits per heavy atom. The van der Waals surface area contributed by atoms with Gasteiger partial charge in [-0.1, -0.05) is 0 Å². The van der Waals surface area contributed by atoms with Crippen molar-refractivity contribution >= 4 is 31.3 Å². The number of rotatable bonds is 4. The number of cyclic esters (lactones) is 1. The van der Waals surface area contributed by atoms with Gasteiger partial charge in [-0.2, -0.15) is 0 Å². The molecule has 2 atom stereocenters. The Morgan fingerprint density at radius 3 is 2.72 bits per heavy atom. The SMILES string of the molecule is C[C@@H]1OC(=O)[C@@H](CC[Se]c2ccccc2)NC1=O. The van der Waals surface area contributed by atoms with Crippen LogP contribution in [0.1, 0.15) is 13.3 Å². The van der Waals surface area contributed by atoms with Gasteiger partial charge in [-0.15, -0.1) is 0 Å². The number of ether oxygens (including phenoxy) is 1. The Morgan fingerprint density at radius 1 is 1.28 bits per heavy atom. The summed E-state index contributed by atoms with van der Waals surface area (Å²) in [6, 6.07) is 9.70. The first-order valence-corrected chi connectivity index (χ1v) is 7.92. The van der Waals surface area contributed by atoms with Crippen molar-refractivity contribution in [3.05, 3.63) is 30.3 Å². The van der Waals surface area contributed by atoms with E-state index in [1.54, 1.807) is 6.92 Å². The van der Waals surface area contributed by atoms with Gasteiger partial charge in [0.05, 0.1) is 0 Å². The van der Waals surface area contributed by atoms with Crippen molar-refractivity contribution in [3.8, 4) is 0 Å². The van der Waals surface area contributed by atoms with Crippen LogP contribution in [0.2, 0.25) is 5.32 Å². The maximum absolute atomic E-state index is 11.6. The van der Waals surface area contributed by atoms with Crippen LogP contribution in [-0.2, 0) is 14.3 Å². The van der Waals surface area contributed by atoms with E-state index in [-0.39, 0.29) is 11.9 Å². The third-order valence-corrected chi connectivity index (χ3v) is 4.87. The summed E-state index contributed by atoms with van der Waals surface area (Å²) in [6.45, 7) is 1.58. The molecule has 0 aromatic heterocycles. The van der Waals surface area contributed by atoms with E-state index in [1.165, 1.54) is 4.46 Å². The molecule has 1 N–H and O–H groups in total. The Labute approximate surface area is 112 Å². The summed E-state index contributed by atoms with van der Waals surface area (Å²) in [6.07, 6.45) is -0.0139. The topological polar surface area (TPSA) is 55.4 Å². The van der Waals surface area contributed by atoms with Crippen molar-refractivity contribution in [3.63, 3.8) is 0 Å². The van der Waals surface area contributed by atoms with Crippen LogP contribution in [0.4, 0.5) is 0 Å². The average Bonchev–Trinajstić information content (AvgIpc) is 2.37. The number of esters is 1. The molecule has 1 aliphatic rings. The average molecular weight is 312 g/mol. The molecule has 0 bridgehead atoms. The van der Waals surface area contributed by atoms with Gasteiger partial charge in [-0.25, -0.2) is 0 Å². The molecule has 1 aliphatic heterocycles. The third kappa shape index (κ3) is 3.34. The normalized spacial score (nSPS) is 23.4. The quantitative estimate of drug-likeness (QED) is 0.641. The molecule has 2 rings (SSSR count). The van der Waals surface area contributed by atoms with Gasteiger partial charge < -0.3 is 0 Å². The number of carbonyl (C=O) groups excluding carboxylic acids is 2. The predicted octanol–water partition coefficient (Wildman–Crippen LogP) is 0.255. The van der Waals surface area contributed by atoms with Gasteiger partial charge in [0.15, 0.2) is 0 Å². The van der Waals surface area contributed by atoms with Crippen LogP contribution in [0.3, 0.4) is 0 Å². The molecule has 1 fully saturated rings. The molecule has 0 aliphatic carbocycles. The van der Waals surface area contributed by atoms with Crippen LogP contribution < -0.4 is 9.78 Å². The summed E-state index contributed by atoms with van der Waals surface area (Å²) < 4.78 is 6.27. The Balaban J connectivity index is 1.80. The summed E-state index contributed by atoms with van der Waals surface area (Å²) in [5, 5.41) is 3.61. The molecule has 0 saturated carbocycles. The first-order chi connectivity index (χ1) is 8.66. The van der Waals surface area contributed by atoms with Crippen LogP contribution in [0.5, 0.6) is 0 Å². The van der Waals surface area contributed by atoms with E-state index in [0.29, 0.717) is 21.4 Å². The second kappa shape index (κ2) is 6.03. The standard InChI is InChI=1S/C13H15NO3Se/c1-9-12(15)14-11(13(16)17-9)7-8-18-10-5-3-2-4-6-10/h2-6,9,11H,7-8H2,1H3,(H,14,15)/t9-,11+/m0/s1. The van der Waals surface area contributed by atoms with Gasteiger partial charge in [0, 0.05) is 0 Å². The third-order valence-electron chi connectivity index (χ3n) is 2.68. The minimum atomic E-state index is -0.659. The van der Waals surface area contributed by atoms with Crippen molar-refractivity contribution in [2.24, 2.45) is 0 Å². The van der Waals surface area contributed by atoms with Gasteiger partial charge >= 0.3 is 112 Å². The summed E-state index contributed by atoms with van der Waals surface area (Å²) in [7, 11) is 0. The molecular formula is C13H15NO3Se. The van der Waals surface area contributed by atoms with Gasteiger partial charge in [-0.05, 0) is 0 Å². The van der Waals surface area contributed by atoms with E-state index in [9.17, 15) is 9.59 Å². The van der Waals surface area contributed by atoms with Gasteiger partial charge in [0.1, 0.15) is 0 Å². The van der Waals surface area contributed by atoms with Crippen molar-refractivity contribution in [2.75, 3.05) is 0 Å². The number of morpholine rings is 1. The molecule has 1 aromatic rings. The molecule has 1 heterocycles. The number of hydrogen-bond acceptors (Lipinski definition) is 3. The van der Waals surface area contributed by atoms with Crippen LogP contribution in [-0.4, -0.2) is 39.0 Å². The van der Waals surface area contributed by atoms with Crippen molar-refractivity contribution in [1.29, 1.82) is 0 Å². The number of carbonyl (C=O) groups is 2. The molecule has 0 unspecified atom stereocenters. The minimum absolute atomic E-state index is 0.202. The Bertz CT molecular complexity index is 435. The fraction of sp³-hybridized carbons (Fsp3) is 0.385. The molecule has 96 valence electrons. The maximum atomic E-state index is 11.6. The number of nitrogens with one attached hydrogen (secondary N) is 1. The summed E-state index contributed by atoms with van der Waals surface area (Å²) >= 11 is 0.329. The molecule has 0 radical (unpaired) electrons.